The van der Waals surface area contributed by atoms with Crippen LogP contribution in [-0.4, -0.2) is 49.3 Å². The predicted molar refractivity (Wildman–Crippen MR) is 395 cm³/mol. The van der Waals surface area contributed by atoms with E-state index in [9.17, 15) is 19.0 Å². The lowest BCUT2D eigenvalue weighted by atomic mass is 10.0. The second-order valence-electron chi connectivity index (χ2n) is 28.7. The Balaban J connectivity index is 3.70. The number of nitrogens with two attached hydrogens (primary N) is 1. The van der Waals surface area contributed by atoms with Gasteiger partial charge in [0, 0.05) is 19.4 Å². The molecule has 10 heteroatoms. The minimum atomic E-state index is -4.39. The maximum absolute atomic E-state index is 12.8. The largest absolute Gasteiger partial charge is 0.472 e. The molecule has 0 spiro atoms. The second-order valence-corrected chi connectivity index (χ2v) is 30.2. The highest BCUT2D eigenvalue weighted by atomic mass is 31.2. The topological polar surface area (TPSA) is 134 Å². The molecule has 0 bridgehead atoms. The van der Waals surface area contributed by atoms with Crippen LogP contribution in [0.2, 0.25) is 0 Å². The molecule has 0 aliphatic carbocycles. The molecular weight excluding hydrogens is 1150 g/mol. The predicted octanol–water partition coefficient (Wildman–Crippen LogP) is 27.7. The monoisotopic (exact) mass is 1310 g/mol. The zero-order valence-electron chi connectivity index (χ0n) is 61.6. The molecule has 2 atom stereocenters. The third kappa shape index (κ3) is 77.9. The number of hydrogen-bond acceptors (Lipinski definition) is 8. The fourth-order valence-electron chi connectivity index (χ4n) is 13.4. The van der Waals surface area contributed by atoms with E-state index in [4.69, 9.17) is 24.3 Å². The first-order valence-corrected chi connectivity index (χ1v) is 43.0. The molecular formula is C81H162NO8P. The fourth-order valence-corrected chi connectivity index (χ4v) is 14.1. The smallest absolute Gasteiger partial charge is 0.462 e. The van der Waals surface area contributed by atoms with E-state index in [1.165, 1.54) is 411 Å². The third-order valence-corrected chi connectivity index (χ3v) is 20.5. The van der Waals surface area contributed by atoms with E-state index in [2.05, 4.69) is 13.8 Å². The summed E-state index contributed by atoms with van der Waals surface area (Å²) in [5.41, 5.74) is 5.42. The summed E-state index contributed by atoms with van der Waals surface area (Å²) in [5.74, 6) is -0.793. The van der Waals surface area contributed by atoms with E-state index in [1.54, 1.807) is 0 Å². The van der Waals surface area contributed by atoms with Crippen LogP contribution in [0.1, 0.15) is 476 Å². The number of phosphoric acid groups is 1. The van der Waals surface area contributed by atoms with Gasteiger partial charge >= 0.3 is 19.8 Å². The van der Waals surface area contributed by atoms with Gasteiger partial charge in [0.1, 0.15) is 6.61 Å². The first-order chi connectivity index (χ1) is 44.8. The normalized spacial score (nSPS) is 12.7. The van der Waals surface area contributed by atoms with E-state index < -0.39 is 26.5 Å². The van der Waals surface area contributed by atoms with Crippen molar-refractivity contribution >= 4 is 19.8 Å². The van der Waals surface area contributed by atoms with Crippen molar-refractivity contribution in [1.29, 1.82) is 0 Å². The van der Waals surface area contributed by atoms with Gasteiger partial charge in [0.25, 0.3) is 0 Å². The van der Waals surface area contributed by atoms with Crippen LogP contribution >= 0.6 is 7.82 Å². The molecule has 0 aliphatic rings. The molecule has 0 aliphatic heterocycles. The SMILES string of the molecule is CCCCCCCCCCCCCCCCCCCCCCCCCCCCCCCCCCCCCCCCC(=O)OC(COC(=O)CCCCCCCCCCCCCCCCCCCCCCCCCCCCCCCCCC)COP(=O)(O)OCCN. The van der Waals surface area contributed by atoms with Crippen molar-refractivity contribution in [2.75, 3.05) is 26.4 Å². The summed E-state index contributed by atoms with van der Waals surface area (Å²) in [5, 5.41) is 0. The average molecular weight is 1310 g/mol. The quantitative estimate of drug-likeness (QED) is 0.0347. The van der Waals surface area contributed by atoms with Crippen molar-refractivity contribution in [1.82, 2.24) is 0 Å². The van der Waals surface area contributed by atoms with Crippen LogP contribution in [0.4, 0.5) is 0 Å². The van der Waals surface area contributed by atoms with Gasteiger partial charge in [0.05, 0.1) is 13.2 Å². The molecule has 3 N–H and O–H groups in total. The summed E-state index contributed by atoms with van der Waals surface area (Å²) >= 11 is 0. The summed E-state index contributed by atoms with van der Waals surface area (Å²) in [6.07, 6.45) is 95.6. The van der Waals surface area contributed by atoms with Crippen molar-refractivity contribution < 1.29 is 37.6 Å². The maximum Gasteiger partial charge on any atom is 0.472 e. The maximum atomic E-state index is 12.8. The lowest BCUT2D eigenvalue weighted by Gasteiger charge is -2.19. The molecule has 0 saturated heterocycles. The van der Waals surface area contributed by atoms with Crippen molar-refractivity contribution in [2.24, 2.45) is 5.73 Å². The molecule has 0 amide bonds. The highest BCUT2D eigenvalue weighted by Gasteiger charge is 2.26. The Morgan fingerprint density at radius 2 is 0.473 bits per heavy atom. The average Bonchev–Trinajstić information content (AvgIpc) is 3.68. The minimum absolute atomic E-state index is 0.0590. The van der Waals surface area contributed by atoms with Gasteiger partial charge in [0.15, 0.2) is 6.10 Å². The Bertz CT molecular complexity index is 1450. The standard InChI is InChI=1S/C81H162NO8P/c1-3-5-7-9-11-13-15-17-19-21-23-25-27-29-31-33-35-37-38-39-40-41-42-44-46-48-50-52-54-56-58-60-62-64-66-68-70-72-74-81(84)90-79(78-89-91(85,86)88-76-75-82)77-87-80(83)73-71-69-67-65-63-61-59-57-55-53-51-49-47-45-43-36-34-32-30-28-26-24-22-20-18-16-14-12-10-8-6-4-2/h79H,3-78,82H2,1-2H3,(H,85,86). The molecule has 0 rings (SSSR count). The molecule has 0 saturated carbocycles. The van der Waals surface area contributed by atoms with Crippen molar-refractivity contribution in [3.8, 4) is 0 Å². The number of rotatable bonds is 81. The highest BCUT2D eigenvalue weighted by molar-refractivity contribution is 7.47. The molecule has 2 unspecified atom stereocenters. The van der Waals surface area contributed by atoms with Gasteiger partial charge in [-0.3, -0.25) is 18.6 Å². The van der Waals surface area contributed by atoms with Gasteiger partial charge in [-0.05, 0) is 12.8 Å². The third-order valence-electron chi connectivity index (χ3n) is 19.5. The zero-order valence-corrected chi connectivity index (χ0v) is 62.5. The van der Waals surface area contributed by atoms with Crippen LogP contribution in [0.25, 0.3) is 0 Å². The number of carbonyl (C=O) groups excluding carboxylic acids is 2. The van der Waals surface area contributed by atoms with Gasteiger partial charge in [-0.25, -0.2) is 4.57 Å². The highest BCUT2D eigenvalue weighted by Crippen LogP contribution is 2.43. The van der Waals surface area contributed by atoms with Crippen molar-refractivity contribution in [3.05, 3.63) is 0 Å². The Morgan fingerprint density at radius 3 is 0.670 bits per heavy atom. The number of carbonyl (C=O) groups is 2. The van der Waals surface area contributed by atoms with Crippen molar-refractivity contribution in [3.63, 3.8) is 0 Å². The number of unbranched alkanes of at least 4 members (excludes halogenated alkanes) is 68. The van der Waals surface area contributed by atoms with Gasteiger partial charge in [0.2, 0.25) is 0 Å². The summed E-state index contributed by atoms with van der Waals surface area (Å²) in [6, 6.07) is 0. The summed E-state index contributed by atoms with van der Waals surface area (Å²) in [7, 11) is -4.39. The number of ether oxygens (including phenoxy) is 2. The van der Waals surface area contributed by atoms with E-state index in [0.29, 0.717) is 12.8 Å². The Hall–Kier alpha value is -0.990. The van der Waals surface area contributed by atoms with Crippen LogP contribution in [0.5, 0.6) is 0 Å². The molecule has 544 valence electrons. The summed E-state index contributed by atoms with van der Waals surface area (Å²) < 4.78 is 33.3. The molecule has 91 heavy (non-hydrogen) atoms. The molecule has 0 aromatic carbocycles. The van der Waals surface area contributed by atoms with E-state index in [-0.39, 0.29) is 32.1 Å². The van der Waals surface area contributed by atoms with Crippen molar-refractivity contribution in [2.45, 2.75) is 482 Å². The van der Waals surface area contributed by atoms with E-state index in [0.717, 1.165) is 32.1 Å². The number of phosphoric ester groups is 1. The first-order valence-electron chi connectivity index (χ1n) is 41.5. The van der Waals surface area contributed by atoms with Crippen LogP contribution in [0.3, 0.4) is 0 Å². The van der Waals surface area contributed by atoms with Gasteiger partial charge < -0.3 is 20.1 Å². The molecule has 0 aromatic heterocycles. The van der Waals surface area contributed by atoms with E-state index >= 15 is 0 Å². The lowest BCUT2D eigenvalue weighted by molar-refractivity contribution is -0.161. The molecule has 0 fully saturated rings. The van der Waals surface area contributed by atoms with Crippen LogP contribution < -0.4 is 5.73 Å². The Kier molecular flexibility index (Phi) is 77.2. The van der Waals surface area contributed by atoms with Crippen LogP contribution in [-0.2, 0) is 32.7 Å². The second kappa shape index (κ2) is 78.0. The molecule has 0 heterocycles. The zero-order chi connectivity index (χ0) is 65.8. The fraction of sp³-hybridized carbons (Fsp3) is 0.975. The van der Waals surface area contributed by atoms with Gasteiger partial charge in [-0.1, -0.05) is 450 Å². The lowest BCUT2D eigenvalue weighted by Crippen LogP contribution is -2.29. The number of esters is 2. The minimum Gasteiger partial charge on any atom is -0.462 e. The molecule has 0 aromatic rings. The first kappa shape index (κ1) is 90.0. The van der Waals surface area contributed by atoms with E-state index in [1.807, 2.05) is 0 Å². The Labute approximate surface area is 568 Å². The van der Waals surface area contributed by atoms with Gasteiger partial charge in [-0.15, -0.1) is 0 Å². The number of hydrogen-bond donors (Lipinski definition) is 2. The van der Waals surface area contributed by atoms with Gasteiger partial charge in [-0.2, -0.15) is 0 Å². The summed E-state index contributed by atoms with van der Waals surface area (Å²) in [6.45, 7) is 3.86. The van der Waals surface area contributed by atoms with Crippen LogP contribution in [0.15, 0.2) is 0 Å². The Morgan fingerprint density at radius 1 is 0.286 bits per heavy atom. The molecule has 9 nitrogen and oxygen atoms in total. The molecule has 0 radical (unpaired) electrons. The van der Waals surface area contributed by atoms with Crippen LogP contribution in [0, 0.1) is 0 Å². The summed E-state index contributed by atoms with van der Waals surface area (Å²) in [4.78, 5) is 35.5.